The summed E-state index contributed by atoms with van der Waals surface area (Å²) >= 11 is 12.3. The van der Waals surface area contributed by atoms with Crippen LogP contribution in [0.3, 0.4) is 0 Å². The van der Waals surface area contributed by atoms with Crippen molar-refractivity contribution in [1.29, 1.82) is 0 Å². The summed E-state index contributed by atoms with van der Waals surface area (Å²) in [4.78, 5) is 2.31. The lowest BCUT2D eigenvalue weighted by molar-refractivity contribution is 0.0319. The number of benzene rings is 1. The number of ether oxygens (including phenoxy) is 1. The van der Waals surface area contributed by atoms with Crippen molar-refractivity contribution in [3.63, 3.8) is 0 Å². The van der Waals surface area contributed by atoms with E-state index in [4.69, 9.17) is 27.9 Å². The SMILES string of the molecule is CC(C)(C)[C@H](/C=C/c1ccc(Cl)cc1Cl)n1nnnc1CN1CCOCC1. The largest absolute Gasteiger partial charge is 0.379 e. The Hall–Kier alpha value is -1.47. The van der Waals surface area contributed by atoms with Crippen molar-refractivity contribution in [3.05, 3.63) is 45.7 Å². The molecule has 0 bridgehead atoms. The Kier molecular flexibility index (Phi) is 6.52. The highest BCUT2D eigenvalue weighted by atomic mass is 35.5. The first-order valence-corrected chi connectivity index (χ1v) is 9.80. The molecule has 0 N–H and O–H groups in total. The van der Waals surface area contributed by atoms with E-state index in [-0.39, 0.29) is 11.5 Å². The van der Waals surface area contributed by atoms with E-state index in [1.54, 1.807) is 6.07 Å². The smallest absolute Gasteiger partial charge is 0.165 e. The van der Waals surface area contributed by atoms with Gasteiger partial charge in [0, 0.05) is 23.1 Å². The molecular weight excluding hydrogens is 385 g/mol. The summed E-state index contributed by atoms with van der Waals surface area (Å²) in [7, 11) is 0. The average Bonchev–Trinajstić information content (AvgIpc) is 3.04. The van der Waals surface area contributed by atoms with Gasteiger partial charge in [0.05, 0.1) is 25.8 Å². The van der Waals surface area contributed by atoms with Crippen molar-refractivity contribution in [2.24, 2.45) is 5.41 Å². The zero-order chi connectivity index (χ0) is 19.4. The second-order valence-electron chi connectivity index (χ2n) is 7.76. The monoisotopic (exact) mass is 409 g/mol. The van der Waals surface area contributed by atoms with Crippen molar-refractivity contribution in [1.82, 2.24) is 25.1 Å². The second-order valence-corrected chi connectivity index (χ2v) is 8.61. The molecule has 3 rings (SSSR count). The van der Waals surface area contributed by atoms with Gasteiger partial charge in [-0.2, -0.15) is 0 Å². The molecule has 1 saturated heterocycles. The Balaban J connectivity index is 1.85. The van der Waals surface area contributed by atoms with E-state index < -0.39 is 0 Å². The molecule has 0 radical (unpaired) electrons. The summed E-state index contributed by atoms with van der Waals surface area (Å²) in [6, 6.07) is 5.47. The summed E-state index contributed by atoms with van der Waals surface area (Å²) in [6.07, 6.45) is 4.11. The van der Waals surface area contributed by atoms with Crippen molar-refractivity contribution in [2.75, 3.05) is 26.3 Å². The average molecular weight is 410 g/mol. The highest BCUT2D eigenvalue weighted by molar-refractivity contribution is 6.35. The molecule has 0 spiro atoms. The van der Waals surface area contributed by atoms with Gasteiger partial charge >= 0.3 is 0 Å². The van der Waals surface area contributed by atoms with E-state index in [9.17, 15) is 0 Å². The van der Waals surface area contributed by atoms with E-state index in [1.165, 1.54) is 0 Å². The van der Waals surface area contributed by atoms with Gasteiger partial charge in [0.2, 0.25) is 0 Å². The molecule has 0 unspecified atom stereocenters. The lowest BCUT2D eigenvalue weighted by atomic mass is 9.86. The van der Waals surface area contributed by atoms with Gasteiger partial charge < -0.3 is 4.74 Å². The molecule has 8 heteroatoms. The first-order valence-electron chi connectivity index (χ1n) is 9.05. The first-order chi connectivity index (χ1) is 12.8. The third-order valence-corrected chi connectivity index (χ3v) is 5.16. The van der Waals surface area contributed by atoms with Gasteiger partial charge in [-0.15, -0.1) is 5.10 Å². The van der Waals surface area contributed by atoms with E-state index in [0.29, 0.717) is 16.6 Å². The number of allylic oxidation sites excluding steroid dienone is 1. The number of rotatable bonds is 5. The fraction of sp³-hybridized carbons (Fsp3) is 0.526. The molecule has 1 aromatic heterocycles. The maximum atomic E-state index is 6.31. The fourth-order valence-electron chi connectivity index (χ4n) is 3.06. The minimum atomic E-state index is -0.0788. The van der Waals surface area contributed by atoms with Crippen LogP contribution >= 0.6 is 23.2 Å². The Morgan fingerprint density at radius 2 is 1.96 bits per heavy atom. The number of hydrogen-bond donors (Lipinski definition) is 0. The molecule has 0 amide bonds. The van der Waals surface area contributed by atoms with E-state index in [1.807, 2.05) is 22.9 Å². The lowest BCUT2D eigenvalue weighted by Gasteiger charge is -2.30. The molecule has 146 valence electrons. The van der Waals surface area contributed by atoms with Gasteiger partial charge in [-0.3, -0.25) is 4.90 Å². The van der Waals surface area contributed by atoms with Crippen LogP contribution in [0.4, 0.5) is 0 Å². The predicted octanol–water partition coefficient (Wildman–Crippen LogP) is 4.11. The van der Waals surface area contributed by atoms with Crippen LogP contribution in [0.5, 0.6) is 0 Å². The Labute approximate surface area is 170 Å². The van der Waals surface area contributed by atoms with Crippen LogP contribution < -0.4 is 0 Å². The number of hydrogen-bond acceptors (Lipinski definition) is 5. The highest BCUT2D eigenvalue weighted by Gasteiger charge is 2.28. The summed E-state index contributed by atoms with van der Waals surface area (Å²) in [5.41, 5.74) is 0.836. The molecule has 1 aliphatic heterocycles. The standard InChI is InChI=1S/C19H25Cl2N5O/c1-19(2,3)17(7-5-14-4-6-15(20)12-16(14)21)26-18(22-23-24-26)13-25-8-10-27-11-9-25/h4-7,12,17H,8-11,13H2,1-3H3/b7-5+/t17-/m0/s1. The van der Waals surface area contributed by atoms with Crippen molar-refractivity contribution < 1.29 is 4.74 Å². The summed E-state index contributed by atoms with van der Waals surface area (Å²) in [5.74, 6) is 0.851. The van der Waals surface area contributed by atoms with Crippen LogP contribution in [0.25, 0.3) is 6.08 Å². The number of aromatic nitrogens is 4. The van der Waals surface area contributed by atoms with Gasteiger partial charge in [0.25, 0.3) is 0 Å². The minimum Gasteiger partial charge on any atom is -0.379 e. The molecule has 27 heavy (non-hydrogen) atoms. The Bertz CT molecular complexity index is 794. The highest BCUT2D eigenvalue weighted by Crippen LogP contribution is 2.33. The van der Waals surface area contributed by atoms with Crippen LogP contribution in [0.15, 0.2) is 24.3 Å². The number of halogens is 2. The van der Waals surface area contributed by atoms with E-state index in [2.05, 4.69) is 47.3 Å². The lowest BCUT2D eigenvalue weighted by Crippen LogP contribution is -2.37. The third-order valence-electron chi connectivity index (χ3n) is 4.60. The topological polar surface area (TPSA) is 56.1 Å². The number of nitrogens with zero attached hydrogens (tertiary/aromatic N) is 5. The molecule has 0 saturated carbocycles. The minimum absolute atomic E-state index is 0.0183. The summed E-state index contributed by atoms with van der Waals surface area (Å²) in [6.45, 7) is 10.5. The maximum absolute atomic E-state index is 6.31. The van der Waals surface area contributed by atoms with Crippen molar-refractivity contribution in [2.45, 2.75) is 33.4 Å². The molecule has 2 heterocycles. The first kappa shape index (κ1) is 20.3. The van der Waals surface area contributed by atoms with Crippen molar-refractivity contribution in [3.8, 4) is 0 Å². The molecule has 2 aromatic rings. The van der Waals surface area contributed by atoms with Crippen LogP contribution in [0.1, 0.15) is 38.2 Å². The molecule has 0 aliphatic carbocycles. The molecule has 1 aliphatic rings. The zero-order valence-electron chi connectivity index (χ0n) is 15.9. The normalized spacial score (nSPS) is 17.5. The van der Waals surface area contributed by atoms with Gasteiger partial charge in [0.15, 0.2) is 5.82 Å². The van der Waals surface area contributed by atoms with Crippen LogP contribution in [-0.2, 0) is 11.3 Å². The van der Waals surface area contributed by atoms with Crippen LogP contribution in [-0.4, -0.2) is 51.4 Å². The predicted molar refractivity (Wildman–Crippen MR) is 108 cm³/mol. The molecule has 1 aromatic carbocycles. The van der Waals surface area contributed by atoms with Crippen molar-refractivity contribution >= 4 is 29.3 Å². The summed E-state index contributed by atoms with van der Waals surface area (Å²) in [5, 5.41) is 13.7. The summed E-state index contributed by atoms with van der Waals surface area (Å²) < 4.78 is 7.34. The Morgan fingerprint density at radius 3 is 2.63 bits per heavy atom. The quantitative estimate of drug-likeness (QED) is 0.743. The van der Waals surface area contributed by atoms with Gasteiger partial charge in [0.1, 0.15) is 0 Å². The van der Waals surface area contributed by atoms with Crippen LogP contribution in [0.2, 0.25) is 10.0 Å². The van der Waals surface area contributed by atoms with E-state index >= 15 is 0 Å². The second kappa shape index (κ2) is 8.69. The van der Waals surface area contributed by atoms with Gasteiger partial charge in [-0.25, -0.2) is 4.68 Å². The third kappa shape index (κ3) is 5.29. The van der Waals surface area contributed by atoms with Gasteiger partial charge in [-0.1, -0.05) is 62.2 Å². The fourth-order valence-corrected chi connectivity index (χ4v) is 3.53. The van der Waals surface area contributed by atoms with Gasteiger partial charge in [-0.05, 0) is 33.5 Å². The zero-order valence-corrected chi connectivity index (χ0v) is 17.4. The molecular formula is C19H25Cl2N5O. The number of tetrazole rings is 1. The Morgan fingerprint density at radius 1 is 1.22 bits per heavy atom. The molecule has 6 nitrogen and oxygen atoms in total. The number of morpholine rings is 1. The maximum Gasteiger partial charge on any atom is 0.165 e. The van der Waals surface area contributed by atoms with Crippen LogP contribution in [0, 0.1) is 5.41 Å². The molecule has 1 atom stereocenters. The van der Waals surface area contributed by atoms with E-state index in [0.717, 1.165) is 37.7 Å². The molecule has 1 fully saturated rings.